The standard InChI is InChI=1S/CH5N2O3PS/c2-1(8)6-7(3,4)5/h(H2,2,8)(H3,3,4,5). The molecule has 5 nitrogen and oxygen atoms in total. The van der Waals surface area contributed by atoms with Crippen molar-refractivity contribution in [3.8, 4) is 0 Å². The van der Waals surface area contributed by atoms with Crippen LogP contribution in [0.3, 0.4) is 0 Å². The van der Waals surface area contributed by atoms with Gasteiger partial charge in [-0.3, -0.25) is 0 Å². The maximum atomic E-state index is 9.97. The molecular weight excluding hydrogens is 151 g/mol. The van der Waals surface area contributed by atoms with Gasteiger partial charge in [0.1, 0.15) is 0 Å². The van der Waals surface area contributed by atoms with Crippen LogP contribution in [0.2, 0.25) is 0 Å². The van der Waals surface area contributed by atoms with Crippen LogP contribution in [0.25, 0.3) is 0 Å². The second-order valence-corrected chi connectivity index (χ2v) is 2.69. The summed E-state index contributed by atoms with van der Waals surface area (Å²) < 4.78 is 13.8. The normalized spacial score (nSPS) is 16.8. The smallest absolute Gasteiger partial charge is 0.387 e. The first-order valence-electron chi connectivity index (χ1n) is 1.52. The molecule has 1 atom stereocenters. The van der Waals surface area contributed by atoms with Crippen molar-refractivity contribution < 1.29 is 14.0 Å². The highest BCUT2D eigenvalue weighted by Crippen LogP contribution is 2.30. The molecule has 48 valence electrons. The summed E-state index contributed by atoms with van der Waals surface area (Å²) in [4.78, 5) is 8.13. The number of rotatable bonds is 1. The molecule has 0 rings (SSSR count). The van der Waals surface area contributed by atoms with E-state index in [1.807, 2.05) is 0 Å². The first kappa shape index (κ1) is 7.84. The van der Waals surface area contributed by atoms with Crippen LogP contribution >= 0.6 is 20.0 Å². The number of hydrogen-bond donors (Lipinski definition) is 3. The average molecular weight is 156 g/mol. The first-order chi connectivity index (χ1) is 3.42. The highest BCUT2D eigenvalue weighted by atomic mass is 32.1. The quantitative estimate of drug-likeness (QED) is 0.343. The molecule has 0 spiro atoms. The average Bonchev–Trinajstić information content (AvgIpc) is 1.21. The van der Waals surface area contributed by atoms with Crippen LogP contribution in [0.1, 0.15) is 0 Å². The Morgan fingerprint density at radius 3 is 2.25 bits per heavy atom. The van der Waals surface area contributed by atoms with Crippen molar-refractivity contribution in [2.24, 2.45) is 11.2 Å². The molecule has 7 heteroatoms. The molecule has 1 unspecified atom stereocenters. The molecule has 0 radical (unpaired) electrons. The third kappa shape index (κ3) is 5.84. The minimum atomic E-state index is -3.99. The zero-order valence-electron chi connectivity index (χ0n) is 3.77. The second-order valence-electron chi connectivity index (χ2n) is 0.974. The lowest BCUT2D eigenvalue weighted by atomic mass is 11.4. The monoisotopic (exact) mass is 156 g/mol. The molecule has 0 aromatic heterocycles. The summed E-state index contributed by atoms with van der Waals surface area (Å²) in [5.74, 6) is 0. The van der Waals surface area contributed by atoms with Crippen molar-refractivity contribution in [1.29, 1.82) is 0 Å². The van der Waals surface area contributed by atoms with Crippen LogP contribution in [0.5, 0.6) is 0 Å². The van der Waals surface area contributed by atoms with Gasteiger partial charge >= 0.3 is 7.75 Å². The van der Waals surface area contributed by atoms with Crippen LogP contribution in [0.4, 0.5) is 0 Å². The first-order valence-corrected chi connectivity index (χ1v) is 3.58. The second kappa shape index (κ2) is 2.41. The van der Waals surface area contributed by atoms with Crippen molar-refractivity contribution in [2.75, 3.05) is 0 Å². The molecule has 0 aliphatic heterocycles. The molecule has 0 aliphatic carbocycles. The molecule has 0 aromatic carbocycles. The highest BCUT2D eigenvalue weighted by Gasteiger charge is 2.11. The number of thiocarbonyl (C=S) groups is 1. The third-order valence-corrected chi connectivity index (χ3v) is 0.886. The Hall–Kier alpha value is -0.160. The zero-order valence-corrected chi connectivity index (χ0v) is 5.48. The molecule has 5 N–H and O–H groups in total. The topological polar surface area (TPSA) is 98.6 Å². The van der Waals surface area contributed by atoms with Gasteiger partial charge in [0.05, 0.1) is 0 Å². The summed E-state index contributed by atoms with van der Waals surface area (Å²) in [5, 5.41) is -0.529. The molecule has 0 bridgehead atoms. The predicted molar refractivity (Wildman–Crippen MR) is 31.9 cm³/mol. The molecule has 0 saturated heterocycles. The maximum absolute atomic E-state index is 9.97. The largest absolute Gasteiger partial charge is 0.455 e. The van der Waals surface area contributed by atoms with Crippen molar-refractivity contribution in [1.82, 2.24) is 0 Å². The fourth-order valence-electron chi connectivity index (χ4n) is 0.129. The van der Waals surface area contributed by atoms with E-state index in [-0.39, 0.29) is 0 Å². The lowest BCUT2D eigenvalue weighted by Crippen LogP contribution is -2.13. The SMILES string of the molecule is NC(=S)OP(N)(=O)O. The van der Waals surface area contributed by atoms with E-state index in [1.165, 1.54) is 0 Å². The molecule has 0 saturated carbocycles. The molecule has 0 aliphatic rings. The lowest BCUT2D eigenvalue weighted by Gasteiger charge is -2.02. The Balaban J connectivity index is 3.74. The zero-order chi connectivity index (χ0) is 6.78. The van der Waals surface area contributed by atoms with E-state index in [2.05, 4.69) is 28.0 Å². The van der Waals surface area contributed by atoms with Crippen molar-refractivity contribution in [3.05, 3.63) is 0 Å². The molecule has 0 heterocycles. The van der Waals surface area contributed by atoms with E-state index in [0.29, 0.717) is 0 Å². The van der Waals surface area contributed by atoms with Crippen molar-refractivity contribution >= 4 is 25.1 Å². The Morgan fingerprint density at radius 1 is 1.88 bits per heavy atom. The van der Waals surface area contributed by atoms with Crippen molar-refractivity contribution in [2.45, 2.75) is 0 Å². The van der Waals surface area contributed by atoms with Gasteiger partial charge in [-0.05, 0) is 12.2 Å². The van der Waals surface area contributed by atoms with Gasteiger partial charge in [-0.15, -0.1) is 0 Å². The van der Waals surface area contributed by atoms with Gasteiger partial charge < -0.3 is 15.2 Å². The highest BCUT2D eigenvalue weighted by molar-refractivity contribution is 7.80. The van der Waals surface area contributed by atoms with E-state index < -0.39 is 12.9 Å². The van der Waals surface area contributed by atoms with Crippen LogP contribution < -0.4 is 11.2 Å². The van der Waals surface area contributed by atoms with Gasteiger partial charge in [-0.2, -0.15) is 0 Å². The third-order valence-electron chi connectivity index (χ3n) is 0.221. The van der Waals surface area contributed by atoms with Crippen LogP contribution in [-0.4, -0.2) is 10.1 Å². The van der Waals surface area contributed by atoms with Crippen molar-refractivity contribution in [3.63, 3.8) is 0 Å². The fourth-order valence-corrected chi connectivity index (χ4v) is 0.707. The molecule has 8 heavy (non-hydrogen) atoms. The van der Waals surface area contributed by atoms with Gasteiger partial charge in [0, 0.05) is 0 Å². The fraction of sp³-hybridized carbons (Fsp3) is 0. The molecule has 0 amide bonds. The Kier molecular flexibility index (Phi) is 2.36. The van der Waals surface area contributed by atoms with E-state index in [1.54, 1.807) is 0 Å². The summed E-state index contributed by atoms with van der Waals surface area (Å²) in [6.45, 7) is 0. The Labute approximate surface area is 51.2 Å². The minimum absolute atomic E-state index is 0.529. The van der Waals surface area contributed by atoms with Gasteiger partial charge in [-0.25, -0.2) is 10.1 Å². The van der Waals surface area contributed by atoms with Gasteiger partial charge in [0.25, 0.3) is 5.17 Å². The predicted octanol–water partition coefficient (Wildman–Crippen LogP) is -0.694. The van der Waals surface area contributed by atoms with Gasteiger partial charge in [0.15, 0.2) is 0 Å². The molecule has 0 fully saturated rings. The van der Waals surface area contributed by atoms with Gasteiger partial charge in [0.2, 0.25) is 0 Å². The summed E-state index contributed by atoms with van der Waals surface area (Å²) >= 11 is 4.09. The van der Waals surface area contributed by atoms with Crippen LogP contribution in [-0.2, 0) is 9.09 Å². The van der Waals surface area contributed by atoms with Crippen LogP contribution in [0, 0.1) is 0 Å². The number of nitrogens with two attached hydrogens (primary N) is 2. The Morgan fingerprint density at radius 2 is 2.25 bits per heavy atom. The van der Waals surface area contributed by atoms with E-state index >= 15 is 0 Å². The molecular formula is CH5N2O3PS. The lowest BCUT2D eigenvalue weighted by molar-refractivity contribution is 0.378. The number of hydrogen-bond acceptors (Lipinski definition) is 3. The summed E-state index contributed by atoms with van der Waals surface area (Å²) in [7, 11) is -3.99. The van der Waals surface area contributed by atoms with E-state index in [0.717, 1.165) is 0 Å². The maximum Gasteiger partial charge on any atom is 0.455 e. The summed E-state index contributed by atoms with van der Waals surface area (Å²) in [6.07, 6.45) is 0. The van der Waals surface area contributed by atoms with E-state index in [4.69, 9.17) is 4.89 Å². The summed E-state index contributed by atoms with van der Waals surface area (Å²) in [6, 6.07) is 0. The Bertz CT molecular complexity index is 140. The van der Waals surface area contributed by atoms with E-state index in [9.17, 15) is 4.57 Å². The van der Waals surface area contributed by atoms with Crippen LogP contribution in [0.15, 0.2) is 0 Å². The van der Waals surface area contributed by atoms with Gasteiger partial charge in [-0.1, -0.05) is 0 Å². The summed E-state index contributed by atoms with van der Waals surface area (Å²) in [5.41, 5.74) is 9.13. The minimum Gasteiger partial charge on any atom is -0.387 e. The molecule has 0 aromatic rings.